The largest absolute Gasteiger partial charge is 0.479 e. The molecule has 0 aromatic carbocycles. The molecule has 20 heavy (non-hydrogen) atoms. The Bertz CT molecular complexity index is 367. The number of hydrogen-bond acceptors (Lipinski definition) is 7. The predicted molar refractivity (Wildman–Crippen MR) is 62.6 cm³/mol. The van der Waals surface area contributed by atoms with Crippen molar-refractivity contribution < 1.29 is 44.7 Å². The minimum atomic E-state index is -2.21. The number of ether oxygens (including phenoxy) is 1. The molecule has 9 heteroatoms. The van der Waals surface area contributed by atoms with Gasteiger partial charge in [0.15, 0.2) is 12.2 Å². The lowest BCUT2D eigenvalue weighted by molar-refractivity contribution is -0.163. The maximum Gasteiger partial charge on any atom is 0.332 e. The quantitative estimate of drug-likeness (QED) is 0.242. The van der Waals surface area contributed by atoms with E-state index in [-0.39, 0.29) is 0 Å². The lowest BCUT2D eigenvalue weighted by Gasteiger charge is -2.29. The van der Waals surface area contributed by atoms with Gasteiger partial charge in [-0.15, -0.1) is 0 Å². The molecule has 9 nitrogen and oxygen atoms in total. The van der Waals surface area contributed by atoms with Crippen LogP contribution in [0.4, 0.5) is 0 Å². The number of carbonyl (C=O) groups is 3. The number of carboxylic acids is 2. The van der Waals surface area contributed by atoms with Gasteiger partial charge in [-0.05, 0) is 0 Å². The summed E-state index contributed by atoms with van der Waals surface area (Å²) in [5, 5.41) is 45.5. The van der Waals surface area contributed by atoms with Crippen molar-refractivity contribution in [2.24, 2.45) is 0 Å². The van der Waals surface area contributed by atoms with Gasteiger partial charge >= 0.3 is 17.9 Å². The van der Waals surface area contributed by atoms with E-state index in [1.165, 1.54) is 0 Å². The number of carbonyl (C=O) groups excluding carboxylic acids is 1. The van der Waals surface area contributed by atoms with E-state index in [0.717, 1.165) is 6.08 Å². The molecule has 0 amide bonds. The molecule has 0 radical (unpaired) electrons. The minimum absolute atomic E-state index is 0.779. The van der Waals surface area contributed by atoms with Crippen molar-refractivity contribution in [3.05, 3.63) is 12.7 Å². The molecule has 0 saturated carbocycles. The zero-order valence-corrected chi connectivity index (χ0v) is 10.4. The van der Waals surface area contributed by atoms with Gasteiger partial charge in [0, 0.05) is 18.9 Å². The standard InChI is InChI=1S/C11H16O9/c1-2-8(14)20-5-11(19,3-6(12)9(15)16)4-7(13)10(17)18/h2,6-7,12-13,19H,1,3-5H2,(H,15,16)(H,17,18). The summed E-state index contributed by atoms with van der Waals surface area (Å²) in [6.45, 7) is 2.30. The van der Waals surface area contributed by atoms with Crippen molar-refractivity contribution in [2.75, 3.05) is 6.61 Å². The first-order valence-electron chi connectivity index (χ1n) is 5.44. The first-order chi connectivity index (χ1) is 9.11. The molecule has 0 aliphatic carbocycles. The molecule has 5 N–H and O–H groups in total. The summed E-state index contributed by atoms with van der Waals surface area (Å²) in [7, 11) is 0. The molecule has 0 aliphatic rings. The van der Waals surface area contributed by atoms with Crippen LogP contribution in [0.15, 0.2) is 12.7 Å². The molecule has 0 heterocycles. The minimum Gasteiger partial charge on any atom is -0.479 e. The van der Waals surface area contributed by atoms with Gasteiger partial charge in [-0.2, -0.15) is 0 Å². The highest BCUT2D eigenvalue weighted by Gasteiger charge is 2.38. The molecule has 0 aliphatic heterocycles. The van der Waals surface area contributed by atoms with E-state index < -0.39 is 55.2 Å². The number of aliphatic carboxylic acids is 2. The van der Waals surface area contributed by atoms with Crippen molar-refractivity contribution in [1.29, 1.82) is 0 Å². The summed E-state index contributed by atoms with van der Waals surface area (Å²) >= 11 is 0. The third-order valence-electron chi connectivity index (χ3n) is 2.37. The summed E-state index contributed by atoms with van der Waals surface area (Å²) < 4.78 is 4.50. The number of aliphatic hydroxyl groups excluding tert-OH is 2. The predicted octanol–water partition coefficient (Wildman–Crippen LogP) is -1.88. The van der Waals surface area contributed by atoms with Crippen molar-refractivity contribution in [3.8, 4) is 0 Å². The number of aliphatic hydroxyl groups is 3. The topological polar surface area (TPSA) is 162 Å². The highest BCUT2D eigenvalue weighted by Crippen LogP contribution is 2.21. The average Bonchev–Trinajstić information content (AvgIpc) is 2.35. The van der Waals surface area contributed by atoms with Crippen LogP contribution in [0.2, 0.25) is 0 Å². The van der Waals surface area contributed by atoms with Gasteiger partial charge < -0.3 is 30.3 Å². The Hall–Kier alpha value is -1.97. The van der Waals surface area contributed by atoms with Gasteiger partial charge in [-0.3, -0.25) is 0 Å². The van der Waals surface area contributed by atoms with Crippen LogP contribution in [0, 0.1) is 0 Å². The molecule has 0 aromatic rings. The third kappa shape index (κ3) is 6.27. The van der Waals surface area contributed by atoms with Crippen LogP contribution in [0.5, 0.6) is 0 Å². The summed E-state index contributed by atoms with van der Waals surface area (Å²) in [6, 6.07) is 0. The second kappa shape index (κ2) is 7.58. The second-order valence-corrected chi connectivity index (χ2v) is 4.15. The van der Waals surface area contributed by atoms with E-state index in [1.807, 2.05) is 0 Å². The first kappa shape index (κ1) is 18.0. The zero-order chi connectivity index (χ0) is 15.9. The van der Waals surface area contributed by atoms with Gasteiger partial charge in [0.1, 0.15) is 12.2 Å². The summed E-state index contributed by atoms with van der Waals surface area (Å²) in [4.78, 5) is 31.9. The van der Waals surface area contributed by atoms with Gasteiger partial charge in [-0.25, -0.2) is 14.4 Å². The smallest absolute Gasteiger partial charge is 0.332 e. The highest BCUT2D eigenvalue weighted by atomic mass is 16.5. The molecular formula is C11H16O9. The Balaban J connectivity index is 4.90. The van der Waals surface area contributed by atoms with Crippen LogP contribution in [0.25, 0.3) is 0 Å². The number of hydrogen-bond donors (Lipinski definition) is 5. The van der Waals surface area contributed by atoms with E-state index in [1.54, 1.807) is 0 Å². The van der Waals surface area contributed by atoms with Crippen molar-refractivity contribution in [2.45, 2.75) is 30.7 Å². The fraction of sp³-hybridized carbons (Fsp3) is 0.545. The first-order valence-corrected chi connectivity index (χ1v) is 5.44. The molecule has 0 fully saturated rings. The second-order valence-electron chi connectivity index (χ2n) is 4.15. The lowest BCUT2D eigenvalue weighted by atomic mass is 9.90. The van der Waals surface area contributed by atoms with Crippen LogP contribution in [-0.2, 0) is 19.1 Å². The van der Waals surface area contributed by atoms with E-state index in [9.17, 15) is 29.7 Å². The van der Waals surface area contributed by atoms with Crippen LogP contribution in [-0.4, -0.2) is 67.9 Å². The Morgan fingerprint density at radius 3 is 1.80 bits per heavy atom. The van der Waals surface area contributed by atoms with Gasteiger partial charge in [-0.1, -0.05) is 6.58 Å². The van der Waals surface area contributed by atoms with E-state index in [0.29, 0.717) is 0 Å². The zero-order valence-electron chi connectivity index (χ0n) is 10.4. The van der Waals surface area contributed by atoms with Gasteiger partial charge in [0.25, 0.3) is 0 Å². The van der Waals surface area contributed by atoms with Crippen LogP contribution >= 0.6 is 0 Å². The number of esters is 1. The molecule has 114 valence electrons. The number of rotatable bonds is 9. The van der Waals surface area contributed by atoms with E-state index >= 15 is 0 Å². The normalized spacial score (nSPS) is 16.6. The van der Waals surface area contributed by atoms with E-state index in [2.05, 4.69) is 11.3 Å². The van der Waals surface area contributed by atoms with Crippen molar-refractivity contribution >= 4 is 17.9 Å². The molecule has 0 rings (SSSR count). The molecule has 2 unspecified atom stereocenters. The van der Waals surface area contributed by atoms with Crippen LogP contribution in [0.1, 0.15) is 12.8 Å². The Kier molecular flexibility index (Phi) is 6.83. The monoisotopic (exact) mass is 292 g/mol. The van der Waals surface area contributed by atoms with Gasteiger partial charge in [0.05, 0.1) is 0 Å². The summed E-state index contributed by atoms with van der Waals surface area (Å²) in [5.74, 6) is -4.23. The van der Waals surface area contributed by atoms with E-state index in [4.69, 9.17) is 10.2 Å². The molecule has 0 saturated heterocycles. The maximum absolute atomic E-state index is 10.9. The highest BCUT2D eigenvalue weighted by molar-refractivity contribution is 5.81. The number of carboxylic acid groups (broad SMARTS) is 2. The molecule has 2 atom stereocenters. The Morgan fingerprint density at radius 1 is 1.10 bits per heavy atom. The Labute approximate surface area is 113 Å². The molecular weight excluding hydrogens is 276 g/mol. The maximum atomic E-state index is 10.9. The van der Waals surface area contributed by atoms with Crippen LogP contribution < -0.4 is 0 Å². The SMILES string of the molecule is C=CC(=O)OCC(O)(CC(O)C(=O)O)CC(O)C(=O)O. The lowest BCUT2D eigenvalue weighted by Crippen LogP contribution is -2.45. The summed E-state index contributed by atoms with van der Waals surface area (Å²) in [5.41, 5.74) is -2.21. The molecule has 0 spiro atoms. The third-order valence-corrected chi connectivity index (χ3v) is 2.37. The summed E-state index contributed by atoms with van der Waals surface area (Å²) in [6.07, 6.45) is -4.89. The van der Waals surface area contributed by atoms with Crippen LogP contribution in [0.3, 0.4) is 0 Å². The fourth-order valence-corrected chi connectivity index (χ4v) is 1.36. The fourth-order valence-electron chi connectivity index (χ4n) is 1.36. The van der Waals surface area contributed by atoms with Gasteiger partial charge in [0.2, 0.25) is 0 Å². The van der Waals surface area contributed by atoms with Crippen molar-refractivity contribution in [1.82, 2.24) is 0 Å². The Morgan fingerprint density at radius 2 is 1.50 bits per heavy atom. The molecule has 0 bridgehead atoms. The van der Waals surface area contributed by atoms with Crippen molar-refractivity contribution in [3.63, 3.8) is 0 Å². The molecule has 0 aromatic heterocycles. The average molecular weight is 292 g/mol.